The smallest absolute Gasteiger partial charge is 0.185 e. The van der Waals surface area contributed by atoms with E-state index in [1.165, 1.54) is 36.3 Å². The van der Waals surface area contributed by atoms with Crippen LogP contribution in [0.3, 0.4) is 0 Å². The van der Waals surface area contributed by atoms with Crippen LogP contribution in [0, 0.1) is 0 Å². The monoisotopic (exact) mass is 327 g/mol. The summed E-state index contributed by atoms with van der Waals surface area (Å²) in [5, 5.41) is 4.61. The molecule has 0 bridgehead atoms. The fourth-order valence-electron chi connectivity index (χ4n) is 2.72. The van der Waals surface area contributed by atoms with Gasteiger partial charge < -0.3 is 10.2 Å². The first kappa shape index (κ1) is 14.0. The lowest BCUT2D eigenvalue weighted by atomic mass is 10.2. The summed E-state index contributed by atoms with van der Waals surface area (Å²) in [6.45, 7) is 2.12. The molecule has 3 aliphatic rings. The molecule has 1 N–H and O–H groups in total. The van der Waals surface area contributed by atoms with Gasteiger partial charge in [0.2, 0.25) is 0 Å². The molecule has 7 heteroatoms. The van der Waals surface area contributed by atoms with E-state index in [0.717, 1.165) is 11.7 Å². The highest BCUT2D eigenvalue weighted by Gasteiger charge is 2.32. The summed E-state index contributed by atoms with van der Waals surface area (Å²) in [6, 6.07) is 0.711. The van der Waals surface area contributed by atoms with Crippen LogP contribution in [0.1, 0.15) is 42.2 Å². The molecule has 0 aromatic carbocycles. The summed E-state index contributed by atoms with van der Waals surface area (Å²) in [6.07, 6.45) is 5.12. The maximum absolute atomic E-state index is 11.5. The van der Waals surface area contributed by atoms with Gasteiger partial charge in [0, 0.05) is 36.5 Å². The number of sulfone groups is 1. The predicted molar refractivity (Wildman–Crippen MR) is 84.8 cm³/mol. The van der Waals surface area contributed by atoms with E-state index >= 15 is 0 Å². The lowest BCUT2D eigenvalue weighted by Gasteiger charge is -2.25. The van der Waals surface area contributed by atoms with Crippen LogP contribution < -0.4 is 10.2 Å². The number of thiazole rings is 1. The Morgan fingerprint density at radius 3 is 2.52 bits per heavy atom. The van der Waals surface area contributed by atoms with Crippen molar-refractivity contribution in [1.82, 2.24) is 10.3 Å². The van der Waals surface area contributed by atoms with Gasteiger partial charge >= 0.3 is 0 Å². The van der Waals surface area contributed by atoms with Gasteiger partial charge in [0.1, 0.15) is 0 Å². The molecule has 2 aliphatic carbocycles. The van der Waals surface area contributed by atoms with Crippen molar-refractivity contribution in [3.63, 3.8) is 0 Å². The van der Waals surface area contributed by atoms with Crippen LogP contribution in [0.25, 0.3) is 0 Å². The molecule has 5 nitrogen and oxygen atoms in total. The molecule has 2 saturated carbocycles. The fourth-order valence-corrected chi connectivity index (χ4v) is 5.07. The molecular formula is C14H21N3O2S2. The molecular weight excluding hydrogens is 306 g/mol. The zero-order valence-electron chi connectivity index (χ0n) is 12.0. The summed E-state index contributed by atoms with van der Waals surface area (Å²) >= 11 is 1.76. The first-order chi connectivity index (χ1) is 10.1. The molecule has 0 radical (unpaired) electrons. The third kappa shape index (κ3) is 3.24. The van der Waals surface area contributed by atoms with Crippen molar-refractivity contribution in [2.75, 3.05) is 29.5 Å². The average molecular weight is 327 g/mol. The molecule has 1 aromatic rings. The molecule has 1 saturated heterocycles. The quantitative estimate of drug-likeness (QED) is 0.888. The number of aromatic nitrogens is 1. The predicted octanol–water partition coefficient (Wildman–Crippen LogP) is 1.51. The molecule has 0 amide bonds. The number of nitrogens with one attached hydrogen (secondary N) is 1. The topological polar surface area (TPSA) is 62.3 Å². The Morgan fingerprint density at radius 1 is 1.19 bits per heavy atom. The van der Waals surface area contributed by atoms with Crippen LogP contribution in [-0.2, 0) is 16.4 Å². The van der Waals surface area contributed by atoms with Crippen molar-refractivity contribution >= 4 is 26.3 Å². The summed E-state index contributed by atoms with van der Waals surface area (Å²) < 4.78 is 23.1. The summed E-state index contributed by atoms with van der Waals surface area (Å²) in [7, 11) is -2.82. The van der Waals surface area contributed by atoms with Gasteiger partial charge in [0.05, 0.1) is 17.2 Å². The van der Waals surface area contributed by atoms with Gasteiger partial charge in [-0.3, -0.25) is 0 Å². The van der Waals surface area contributed by atoms with E-state index in [1.54, 1.807) is 11.3 Å². The maximum Gasteiger partial charge on any atom is 0.185 e. The fraction of sp³-hybridized carbons (Fsp3) is 0.786. The van der Waals surface area contributed by atoms with Crippen LogP contribution in [-0.4, -0.2) is 44.0 Å². The van der Waals surface area contributed by atoms with Gasteiger partial charge in [0.25, 0.3) is 0 Å². The van der Waals surface area contributed by atoms with E-state index in [2.05, 4.69) is 10.2 Å². The third-order valence-corrected chi connectivity index (χ3v) is 7.17. The zero-order valence-corrected chi connectivity index (χ0v) is 13.7. The van der Waals surface area contributed by atoms with Crippen LogP contribution >= 0.6 is 11.3 Å². The van der Waals surface area contributed by atoms with Gasteiger partial charge in [-0.25, -0.2) is 13.4 Å². The highest BCUT2D eigenvalue weighted by Crippen LogP contribution is 2.44. The van der Waals surface area contributed by atoms with Crippen LogP contribution in [0.2, 0.25) is 0 Å². The van der Waals surface area contributed by atoms with Crippen molar-refractivity contribution < 1.29 is 8.42 Å². The van der Waals surface area contributed by atoms with Crippen LogP contribution in [0.4, 0.5) is 5.13 Å². The number of nitrogens with zero attached hydrogens (tertiary/aromatic N) is 2. The summed E-state index contributed by atoms with van der Waals surface area (Å²) in [5.74, 6) is 1.18. The van der Waals surface area contributed by atoms with E-state index in [-0.39, 0.29) is 11.5 Å². The highest BCUT2D eigenvalue weighted by atomic mass is 32.2. The van der Waals surface area contributed by atoms with Crippen molar-refractivity contribution in [3.05, 3.63) is 10.6 Å². The van der Waals surface area contributed by atoms with E-state index < -0.39 is 9.84 Å². The molecule has 1 aromatic heterocycles. The van der Waals surface area contributed by atoms with Gasteiger partial charge in [-0.2, -0.15) is 0 Å². The Kier molecular flexibility index (Phi) is 3.46. The van der Waals surface area contributed by atoms with Gasteiger partial charge in [-0.1, -0.05) is 0 Å². The highest BCUT2D eigenvalue weighted by molar-refractivity contribution is 7.91. The molecule has 0 atom stereocenters. The zero-order chi connectivity index (χ0) is 14.4. The van der Waals surface area contributed by atoms with Crippen molar-refractivity contribution in [2.45, 2.75) is 44.2 Å². The Bertz CT molecular complexity index is 619. The minimum Gasteiger partial charge on any atom is -0.346 e. The van der Waals surface area contributed by atoms with Crippen molar-refractivity contribution in [1.29, 1.82) is 0 Å². The maximum atomic E-state index is 11.5. The van der Waals surface area contributed by atoms with E-state index in [1.807, 2.05) is 0 Å². The number of anilines is 1. The van der Waals surface area contributed by atoms with E-state index in [4.69, 9.17) is 4.98 Å². The lowest BCUT2D eigenvalue weighted by molar-refractivity contribution is 0.586. The minimum absolute atomic E-state index is 0.265. The summed E-state index contributed by atoms with van der Waals surface area (Å²) in [5.41, 5.74) is 1.27. The molecule has 4 rings (SSSR count). The SMILES string of the molecule is O=S1(=O)CCN(c2nc(C3CC3)c(CNC3CC3)s2)CC1. The average Bonchev–Trinajstić information content (AvgIpc) is 3.36. The third-order valence-electron chi connectivity index (χ3n) is 4.42. The van der Waals surface area contributed by atoms with E-state index in [9.17, 15) is 8.42 Å². The number of hydrogen-bond donors (Lipinski definition) is 1. The van der Waals surface area contributed by atoms with E-state index in [0.29, 0.717) is 25.0 Å². The first-order valence-corrected chi connectivity index (χ1v) is 10.4. The number of rotatable bonds is 5. The molecule has 0 unspecified atom stereocenters. The lowest BCUT2D eigenvalue weighted by Crippen LogP contribution is -2.40. The molecule has 1 aliphatic heterocycles. The number of hydrogen-bond acceptors (Lipinski definition) is 6. The summed E-state index contributed by atoms with van der Waals surface area (Å²) in [4.78, 5) is 8.37. The van der Waals surface area contributed by atoms with Gasteiger partial charge in [0.15, 0.2) is 15.0 Å². The van der Waals surface area contributed by atoms with Crippen molar-refractivity contribution in [3.8, 4) is 0 Å². The Morgan fingerprint density at radius 2 is 1.90 bits per heavy atom. The van der Waals surface area contributed by atoms with Crippen LogP contribution in [0.5, 0.6) is 0 Å². The Labute approximate surface area is 129 Å². The first-order valence-electron chi connectivity index (χ1n) is 7.79. The molecule has 2 heterocycles. The standard InChI is InChI=1S/C14H21N3O2S2/c18-21(19)7-5-17(6-8-21)14-16-13(10-1-2-10)12(20-14)9-15-11-3-4-11/h10-11,15H,1-9H2. The molecule has 3 fully saturated rings. The van der Waals surface area contributed by atoms with Gasteiger partial charge in [-0.05, 0) is 25.7 Å². The van der Waals surface area contributed by atoms with Gasteiger partial charge in [-0.15, -0.1) is 11.3 Å². The second-order valence-electron chi connectivity index (χ2n) is 6.37. The van der Waals surface area contributed by atoms with Crippen LogP contribution in [0.15, 0.2) is 0 Å². The second-order valence-corrected chi connectivity index (χ2v) is 9.74. The minimum atomic E-state index is -2.82. The molecule has 21 heavy (non-hydrogen) atoms. The second kappa shape index (κ2) is 5.21. The Hall–Kier alpha value is -0.660. The molecule has 116 valence electrons. The largest absolute Gasteiger partial charge is 0.346 e. The molecule has 0 spiro atoms. The van der Waals surface area contributed by atoms with Crippen molar-refractivity contribution in [2.24, 2.45) is 0 Å². The normalized spacial score (nSPS) is 25.2. The Balaban J connectivity index is 1.50.